The van der Waals surface area contributed by atoms with E-state index in [-0.39, 0.29) is 11.7 Å². The minimum atomic E-state index is -0.732. The van der Waals surface area contributed by atoms with Gasteiger partial charge >= 0.3 is 5.69 Å². The van der Waals surface area contributed by atoms with Crippen LogP contribution in [0.2, 0.25) is 10.0 Å². The van der Waals surface area contributed by atoms with Crippen LogP contribution in [0.4, 0.5) is 17.1 Å². The minimum Gasteiger partial charge on any atom is -0.450 e. The van der Waals surface area contributed by atoms with Crippen molar-refractivity contribution in [1.29, 1.82) is 0 Å². The summed E-state index contributed by atoms with van der Waals surface area (Å²) in [5, 5.41) is 26.4. The van der Waals surface area contributed by atoms with Crippen molar-refractivity contribution >= 4 is 69.2 Å². The zero-order valence-electron chi connectivity index (χ0n) is 21.8. The van der Waals surface area contributed by atoms with Crippen LogP contribution in [0.5, 0.6) is 11.5 Å². The maximum absolute atomic E-state index is 12.7. The second-order valence-electron chi connectivity index (χ2n) is 9.00. The van der Waals surface area contributed by atoms with Crippen LogP contribution in [-0.2, 0) is 4.79 Å². The number of nitrogens with one attached hydrogen (secondary N) is 1. The van der Waals surface area contributed by atoms with Crippen molar-refractivity contribution in [3.8, 4) is 17.2 Å². The lowest BCUT2D eigenvalue weighted by molar-refractivity contribution is -0.394. The zero-order chi connectivity index (χ0) is 30.1. The van der Waals surface area contributed by atoms with Gasteiger partial charge < -0.3 is 14.6 Å². The van der Waals surface area contributed by atoms with Gasteiger partial charge in [-0.15, -0.1) is 0 Å². The summed E-state index contributed by atoms with van der Waals surface area (Å²) in [5.41, 5.74) is 3.06. The summed E-state index contributed by atoms with van der Waals surface area (Å²) in [6.45, 7) is 3.85. The molecule has 1 aliphatic rings. The number of nitro benzene ring substituents is 2. The number of ether oxygens (including phenoxy) is 1. The summed E-state index contributed by atoms with van der Waals surface area (Å²) in [7, 11) is 0. The Morgan fingerprint density at radius 2 is 1.69 bits per heavy atom. The number of nitro groups is 2. The first-order valence-electron chi connectivity index (χ1n) is 12.1. The fourth-order valence-electron chi connectivity index (χ4n) is 4.26. The number of thioether (sulfide) groups is 1. The molecule has 0 atom stereocenters. The van der Waals surface area contributed by atoms with Crippen LogP contribution in [0.3, 0.4) is 0 Å². The molecule has 0 unspecified atom stereocenters. The van der Waals surface area contributed by atoms with Crippen molar-refractivity contribution < 1.29 is 19.4 Å². The quantitative estimate of drug-likeness (QED) is 0.125. The van der Waals surface area contributed by atoms with Crippen LogP contribution >= 0.6 is 35.0 Å². The molecule has 14 heteroatoms. The molecule has 1 aliphatic heterocycles. The number of nitrogens with zero attached hydrogens (tertiary/aromatic N) is 4. The van der Waals surface area contributed by atoms with E-state index in [1.807, 2.05) is 24.5 Å². The molecule has 5 rings (SSSR count). The van der Waals surface area contributed by atoms with Gasteiger partial charge in [0.05, 0.1) is 36.6 Å². The number of amidine groups is 1. The van der Waals surface area contributed by atoms with Gasteiger partial charge in [-0.1, -0.05) is 23.2 Å². The third-order valence-corrected chi connectivity index (χ3v) is 7.86. The van der Waals surface area contributed by atoms with Crippen LogP contribution in [0.25, 0.3) is 11.8 Å². The zero-order valence-corrected chi connectivity index (χ0v) is 24.2. The number of aliphatic imine (C=N–C) groups is 1. The number of amides is 1. The smallest absolute Gasteiger partial charge is 0.318 e. The van der Waals surface area contributed by atoms with E-state index in [9.17, 15) is 25.0 Å². The molecule has 42 heavy (non-hydrogen) atoms. The maximum Gasteiger partial charge on any atom is 0.318 e. The molecule has 0 saturated carbocycles. The van der Waals surface area contributed by atoms with Gasteiger partial charge in [-0.05, 0) is 91.8 Å². The predicted molar refractivity (Wildman–Crippen MR) is 162 cm³/mol. The molecule has 11 nitrogen and oxygen atoms in total. The molecule has 1 aromatic heterocycles. The molecule has 1 amide bonds. The second kappa shape index (κ2) is 11.7. The Hall–Kier alpha value is -4.65. The molecule has 0 bridgehead atoms. The van der Waals surface area contributed by atoms with E-state index >= 15 is 0 Å². The maximum atomic E-state index is 12.7. The van der Waals surface area contributed by atoms with E-state index in [1.54, 1.807) is 48.5 Å². The summed E-state index contributed by atoms with van der Waals surface area (Å²) in [6, 6.07) is 16.9. The number of aryl methyl sites for hydroxylation is 1. The van der Waals surface area contributed by atoms with Gasteiger partial charge in [-0.3, -0.25) is 25.0 Å². The fourth-order valence-corrected chi connectivity index (χ4v) is 5.39. The van der Waals surface area contributed by atoms with Gasteiger partial charge in [0.1, 0.15) is 5.75 Å². The minimum absolute atomic E-state index is 0.116. The van der Waals surface area contributed by atoms with Gasteiger partial charge in [-0.2, -0.15) is 0 Å². The van der Waals surface area contributed by atoms with E-state index in [4.69, 9.17) is 27.9 Å². The standard InChI is InChI=1S/C28H19Cl2N5O6S/c1-15-11-17(12-26-27(36)32-28(42-26)31-18-3-9-22(29)23(30)13-18)16(2)33(15)19-4-7-21(8-5-19)41-25-10-6-20(34(37)38)14-24(25)35(39)40/h3-14H,1-2H3,(H,31,32,36)/b26-12-. The van der Waals surface area contributed by atoms with Gasteiger partial charge in [-0.25, -0.2) is 4.99 Å². The number of benzene rings is 3. The molecule has 0 radical (unpaired) electrons. The molecular formula is C28H19Cl2N5O6S. The van der Waals surface area contributed by atoms with Crippen molar-refractivity contribution in [2.75, 3.05) is 0 Å². The van der Waals surface area contributed by atoms with Crippen LogP contribution < -0.4 is 10.1 Å². The number of hydrogen-bond acceptors (Lipinski definition) is 8. The van der Waals surface area contributed by atoms with E-state index in [2.05, 4.69) is 10.3 Å². The summed E-state index contributed by atoms with van der Waals surface area (Å²) in [5.74, 6) is -0.0752. The summed E-state index contributed by atoms with van der Waals surface area (Å²) >= 11 is 13.2. The lowest BCUT2D eigenvalue weighted by atomic mass is 10.2. The highest BCUT2D eigenvalue weighted by molar-refractivity contribution is 8.18. The predicted octanol–water partition coefficient (Wildman–Crippen LogP) is 7.90. The first-order valence-corrected chi connectivity index (χ1v) is 13.7. The Balaban J connectivity index is 1.36. The molecule has 1 fully saturated rings. The van der Waals surface area contributed by atoms with Gasteiger partial charge in [0, 0.05) is 23.1 Å². The van der Waals surface area contributed by atoms with E-state index < -0.39 is 21.2 Å². The first kappa shape index (κ1) is 28.9. The van der Waals surface area contributed by atoms with Gasteiger partial charge in [0.2, 0.25) is 5.75 Å². The Bertz CT molecular complexity index is 1840. The first-order chi connectivity index (χ1) is 20.0. The molecule has 3 aromatic carbocycles. The highest BCUT2D eigenvalue weighted by Gasteiger charge is 2.25. The lowest BCUT2D eigenvalue weighted by Crippen LogP contribution is -2.19. The number of aromatic nitrogens is 1. The van der Waals surface area contributed by atoms with Crippen LogP contribution in [0, 0.1) is 34.1 Å². The third kappa shape index (κ3) is 6.00. The Morgan fingerprint density at radius 1 is 0.952 bits per heavy atom. The van der Waals surface area contributed by atoms with Crippen LogP contribution in [0.1, 0.15) is 17.0 Å². The normalized spacial score (nSPS) is 14.8. The average Bonchev–Trinajstić information content (AvgIpc) is 3.43. The molecule has 2 heterocycles. The van der Waals surface area contributed by atoms with Crippen LogP contribution in [0.15, 0.2) is 76.6 Å². The fraction of sp³-hybridized carbons (Fsp3) is 0.0714. The Kier molecular flexibility index (Phi) is 8.03. The number of hydrogen-bond donors (Lipinski definition) is 1. The molecule has 0 spiro atoms. The summed E-state index contributed by atoms with van der Waals surface area (Å²) in [4.78, 5) is 38.5. The highest BCUT2D eigenvalue weighted by atomic mass is 35.5. The van der Waals surface area contributed by atoms with Crippen molar-refractivity contribution in [2.24, 2.45) is 4.99 Å². The molecular weight excluding hydrogens is 605 g/mol. The van der Waals surface area contributed by atoms with Crippen molar-refractivity contribution in [3.05, 3.63) is 119 Å². The summed E-state index contributed by atoms with van der Waals surface area (Å²) < 4.78 is 7.67. The summed E-state index contributed by atoms with van der Waals surface area (Å²) in [6.07, 6.45) is 1.79. The average molecular weight is 624 g/mol. The van der Waals surface area contributed by atoms with E-state index in [0.29, 0.717) is 31.6 Å². The molecule has 1 saturated heterocycles. The molecule has 212 valence electrons. The van der Waals surface area contributed by atoms with Crippen LogP contribution in [-0.4, -0.2) is 25.5 Å². The number of carbonyl (C=O) groups is 1. The van der Waals surface area contributed by atoms with Crippen molar-refractivity contribution in [1.82, 2.24) is 9.88 Å². The topological polar surface area (TPSA) is 142 Å². The SMILES string of the molecule is Cc1cc(/C=C2\SC(=Nc3ccc(Cl)c(Cl)c3)NC2=O)c(C)n1-c1ccc(Oc2ccc([N+](=O)[O-])cc2[N+](=O)[O-])cc1. The number of halogens is 2. The van der Waals surface area contributed by atoms with Crippen molar-refractivity contribution in [3.63, 3.8) is 0 Å². The van der Waals surface area contributed by atoms with Gasteiger partial charge in [0.25, 0.3) is 11.6 Å². The highest BCUT2D eigenvalue weighted by Crippen LogP contribution is 2.36. The Morgan fingerprint density at radius 3 is 2.36 bits per heavy atom. The number of non-ortho nitro benzene ring substituents is 1. The molecule has 0 aliphatic carbocycles. The lowest BCUT2D eigenvalue weighted by Gasteiger charge is -2.11. The largest absolute Gasteiger partial charge is 0.450 e. The van der Waals surface area contributed by atoms with E-state index in [0.717, 1.165) is 34.8 Å². The molecule has 4 aromatic rings. The Labute approximate surface area is 252 Å². The third-order valence-electron chi connectivity index (χ3n) is 6.21. The second-order valence-corrected chi connectivity index (χ2v) is 10.8. The number of rotatable bonds is 7. The molecule has 1 N–H and O–H groups in total. The monoisotopic (exact) mass is 623 g/mol. The van der Waals surface area contributed by atoms with Gasteiger partial charge in [0.15, 0.2) is 5.17 Å². The van der Waals surface area contributed by atoms with Crippen molar-refractivity contribution in [2.45, 2.75) is 13.8 Å². The number of carbonyl (C=O) groups excluding carboxylic acids is 1. The van der Waals surface area contributed by atoms with E-state index in [1.165, 1.54) is 17.8 Å².